The van der Waals surface area contributed by atoms with Crippen molar-refractivity contribution in [1.29, 1.82) is 0 Å². The van der Waals surface area contributed by atoms with Crippen molar-refractivity contribution >= 4 is 35.4 Å². The van der Waals surface area contributed by atoms with Gasteiger partial charge in [-0.3, -0.25) is 14.2 Å². The van der Waals surface area contributed by atoms with Crippen LogP contribution in [0.4, 0.5) is 13.2 Å². The highest BCUT2D eigenvalue weighted by atomic mass is 32.1. The molecule has 1 aromatic carbocycles. The maximum absolute atomic E-state index is 13.0. The highest BCUT2D eigenvalue weighted by molar-refractivity contribution is 7.07. The summed E-state index contributed by atoms with van der Waals surface area (Å²) in [7, 11) is 0. The molecule has 32 heavy (non-hydrogen) atoms. The van der Waals surface area contributed by atoms with Crippen LogP contribution in [0.5, 0.6) is 0 Å². The van der Waals surface area contributed by atoms with Crippen molar-refractivity contribution in [3.8, 4) is 0 Å². The summed E-state index contributed by atoms with van der Waals surface area (Å²) in [4.78, 5) is 39.1. The number of benzene rings is 1. The first-order valence-corrected chi connectivity index (χ1v) is 10.6. The molecule has 1 amide bonds. The van der Waals surface area contributed by atoms with Gasteiger partial charge >= 0.3 is 12.1 Å². The van der Waals surface area contributed by atoms with Gasteiger partial charge in [0.15, 0.2) is 0 Å². The Hall–Kier alpha value is -2.92. The lowest BCUT2D eigenvalue weighted by Gasteiger charge is -2.26. The van der Waals surface area contributed by atoms with E-state index in [0.29, 0.717) is 26.3 Å². The van der Waals surface area contributed by atoms with E-state index >= 15 is 0 Å². The van der Waals surface area contributed by atoms with Crippen molar-refractivity contribution in [2.24, 2.45) is 0 Å². The maximum Gasteiger partial charge on any atom is 0.416 e. The van der Waals surface area contributed by atoms with E-state index in [1.807, 2.05) is 0 Å². The van der Waals surface area contributed by atoms with E-state index in [-0.39, 0.29) is 33.8 Å². The Labute approximate surface area is 185 Å². The van der Waals surface area contributed by atoms with Crippen LogP contribution in [0.15, 0.2) is 29.1 Å². The number of carbonyl (C=O) groups excluding carboxylic acids is 2. The molecule has 1 fully saturated rings. The third-order valence-corrected chi connectivity index (χ3v) is 5.69. The van der Waals surface area contributed by atoms with Gasteiger partial charge in [0.2, 0.25) is 5.91 Å². The van der Waals surface area contributed by atoms with E-state index in [9.17, 15) is 27.6 Å². The number of carbonyl (C=O) groups is 2. The Morgan fingerprint density at radius 3 is 2.62 bits per heavy atom. The van der Waals surface area contributed by atoms with Gasteiger partial charge in [0.05, 0.1) is 36.0 Å². The van der Waals surface area contributed by atoms with Crippen LogP contribution >= 0.6 is 11.3 Å². The standard InChI is InChI=1S/C21H21F3N2O5S/c1-2-31-19(28)12-18-26(13-17(27)25-6-8-30-9-7-25)20(29)16(32-18)11-14-4-3-5-15(10-14)21(22,23)24/h3-5,10-12H,2,6-9,13H2,1H3. The van der Waals surface area contributed by atoms with Crippen molar-refractivity contribution in [3.63, 3.8) is 0 Å². The molecular formula is C21H21F3N2O5S. The Kier molecular flexibility index (Phi) is 7.52. The Morgan fingerprint density at radius 2 is 1.97 bits per heavy atom. The molecule has 0 radical (unpaired) electrons. The fraction of sp³-hybridized carbons (Fsp3) is 0.381. The molecule has 0 N–H and O–H groups in total. The van der Waals surface area contributed by atoms with Crippen LogP contribution in [-0.4, -0.2) is 54.3 Å². The number of halogens is 3. The predicted octanol–water partition coefficient (Wildman–Crippen LogP) is 0.960. The first-order valence-electron chi connectivity index (χ1n) is 9.81. The highest BCUT2D eigenvalue weighted by Crippen LogP contribution is 2.29. The van der Waals surface area contributed by atoms with E-state index in [0.717, 1.165) is 34.1 Å². The SMILES string of the molecule is CCOC(=O)C=c1sc(=Cc2cccc(C(F)(F)F)c2)c(=O)n1CC(=O)N1CCOCC1. The largest absolute Gasteiger partial charge is 0.463 e. The number of thiazole rings is 1. The third-order valence-electron chi connectivity index (χ3n) is 4.63. The normalized spacial score (nSPS) is 15.8. The van der Waals surface area contributed by atoms with Gasteiger partial charge in [0.25, 0.3) is 5.56 Å². The van der Waals surface area contributed by atoms with E-state index in [2.05, 4.69) is 0 Å². The van der Waals surface area contributed by atoms with Crippen LogP contribution in [-0.2, 0) is 31.8 Å². The summed E-state index contributed by atoms with van der Waals surface area (Å²) in [6.45, 7) is 3.00. The van der Waals surface area contributed by atoms with Crippen molar-refractivity contribution < 1.29 is 32.2 Å². The number of morpholine rings is 1. The molecule has 11 heteroatoms. The molecule has 1 aliphatic rings. The number of ether oxygens (including phenoxy) is 2. The zero-order valence-electron chi connectivity index (χ0n) is 17.2. The number of amides is 1. The lowest BCUT2D eigenvalue weighted by molar-refractivity contribution is -0.138. The molecule has 0 atom stereocenters. The number of alkyl halides is 3. The Bertz CT molecular complexity index is 1160. The van der Waals surface area contributed by atoms with Gasteiger partial charge < -0.3 is 14.4 Å². The molecule has 2 heterocycles. The summed E-state index contributed by atoms with van der Waals surface area (Å²) >= 11 is 0.899. The summed E-state index contributed by atoms with van der Waals surface area (Å²) in [5, 5.41) is 0. The average molecular weight is 470 g/mol. The summed E-state index contributed by atoms with van der Waals surface area (Å²) in [5.41, 5.74) is -1.25. The number of hydrogen-bond acceptors (Lipinski definition) is 6. The number of nitrogens with zero attached hydrogens (tertiary/aromatic N) is 2. The molecule has 0 spiro atoms. The second kappa shape index (κ2) is 10.1. The average Bonchev–Trinajstić information content (AvgIpc) is 3.02. The fourth-order valence-electron chi connectivity index (χ4n) is 3.08. The van der Waals surface area contributed by atoms with Crippen molar-refractivity contribution in [1.82, 2.24) is 9.47 Å². The van der Waals surface area contributed by atoms with E-state index < -0.39 is 23.3 Å². The summed E-state index contributed by atoms with van der Waals surface area (Å²) in [6.07, 6.45) is -2.11. The second-order valence-corrected chi connectivity index (χ2v) is 7.92. The molecule has 0 saturated carbocycles. The van der Waals surface area contributed by atoms with Gasteiger partial charge in [0, 0.05) is 13.1 Å². The number of aromatic nitrogens is 1. The van der Waals surface area contributed by atoms with Gasteiger partial charge in [-0.05, 0) is 30.7 Å². The fourth-order valence-corrected chi connectivity index (χ4v) is 4.11. The van der Waals surface area contributed by atoms with Crippen molar-refractivity contribution in [3.05, 3.63) is 54.9 Å². The minimum Gasteiger partial charge on any atom is -0.463 e. The highest BCUT2D eigenvalue weighted by Gasteiger charge is 2.30. The lowest BCUT2D eigenvalue weighted by atomic mass is 10.1. The molecule has 0 bridgehead atoms. The van der Waals surface area contributed by atoms with Gasteiger partial charge in [-0.25, -0.2) is 4.79 Å². The quantitative estimate of drug-likeness (QED) is 0.609. The molecule has 2 aromatic rings. The lowest BCUT2D eigenvalue weighted by Crippen LogP contribution is -2.45. The molecule has 0 aliphatic carbocycles. The zero-order valence-corrected chi connectivity index (χ0v) is 18.0. The minimum absolute atomic E-state index is 0.0923. The van der Waals surface area contributed by atoms with Crippen LogP contribution in [0.25, 0.3) is 12.2 Å². The molecule has 1 aliphatic heterocycles. The van der Waals surface area contributed by atoms with Crippen molar-refractivity contribution in [2.75, 3.05) is 32.9 Å². The summed E-state index contributed by atoms with van der Waals surface area (Å²) < 4.78 is 50.5. The van der Waals surface area contributed by atoms with E-state index in [1.54, 1.807) is 11.8 Å². The summed E-state index contributed by atoms with van der Waals surface area (Å²) in [6, 6.07) is 4.54. The van der Waals surface area contributed by atoms with Crippen molar-refractivity contribution in [2.45, 2.75) is 19.6 Å². The first-order chi connectivity index (χ1) is 15.2. The number of hydrogen-bond donors (Lipinski definition) is 0. The van der Waals surface area contributed by atoms with E-state index in [1.165, 1.54) is 18.2 Å². The van der Waals surface area contributed by atoms with Crippen LogP contribution in [0.2, 0.25) is 0 Å². The zero-order chi connectivity index (χ0) is 23.3. The molecule has 0 unspecified atom stereocenters. The Balaban J connectivity index is 2.05. The van der Waals surface area contributed by atoms with Crippen LogP contribution in [0, 0.1) is 0 Å². The molecule has 1 saturated heterocycles. The second-order valence-electron chi connectivity index (χ2n) is 6.85. The van der Waals surface area contributed by atoms with Crippen LogP contribution in [0.3, 0.4) is 0 Å². The van der Waals surface area contributed by atoms with Gasteiger partial charge in [-0.2, -0.15) is 13.2 Å². The monoisotopic (exact) mass is 470 g/mol. The third kappa shape index (κ3) is 5.86. The Morgan fingerprint density at radius 1 is 1.25 bits per heavy atom. The number of esters is 1. The summed E-state index contributed by atoms with van der Waals surface area (Å²) in [5.74, 6) is -1.01. The number of rotatable bonds is 5. The van der Waals surface area contributed by atoms with Crippen LogP contribution in [0.1, 0.15) is 18.1 Å². The van der Waals surface area contributed by atoms with E-state index in [4.69, 9.17) is 9.47 Å². The van der Waals surface area contributed by atoms with Gasteiger partial charge in [-0.1, -0.05) is 12.1 Å². The molecule has 7 nitrogen and oxygen atoms in total. The molecule has 3 rings (SSSR count). The smallest absolute Gasteiger partial charge is 0.416 e. The molecular weight excluding hydrogens is 449 g/mol. The molecule has 172 valence electrons. The minimum atomic E-state index is -4.52. The van der Waals surface area contributed by atoms with Crippen LogP contribution < -0.4 is 14.8 Å². The van der Waals surface area contributed by atoms with Gasteiger partial charge in [0.1, 0.15) is 11.2 Å². The topological polar surface area (TPSA) is 77.8 Å². The van der Waals surface area contributed by atoms with Gasteiger partial charge in [-0.15, -0.1) is 11.3 Å². The first kappa shape index (κ1) is 23.7. The predicted molar refractivity (Wildman–Crippen MR) is 111 cm³/mol. The maximum atomic E-state index is 13.0. The molecule has 1 aromatic heterocycles.